The highest BCUT2D eigenvalue weighted by atomic mass is 32.2. The van der Waals surface area contributed by atoms with Crippen molar-refractivity contribution < 1.29 is 23.4 Å². The van der Waals surface area contributed by atoms with Crippen molar-refractivity contribution in [1.29, 1.82) is 0 Å². The van der Waals surface area contributed by atoms with Crippen molar-refractivity contribution in [3.8, 4) is 0 Å². The van der Waals surface area contributed by atoms with Gasteiger partial charge in [-0.25, -0.2) is 13.1 Å². The second-order valence-electron chi connectivity index (χ2n) is 4.84. The molecular formula is C9H19NO5S. The van der Waals surface area contributed by atoms with E-state index in [9.17, 15) is 13.2 Å². The Hall–Kier alpha value is -0.660. The number of aliphatic carboxylic acids is 1. The summed E-state index contributed by atoms with van der Waals surface area (Å²) in [4.78, 5) is 10.7. The van der Waals surface area contributed by atoms with Crippen LogP contribution in [0.4, 0.5) is 0 Å². The van der Waals surface area contributed by atoms with Crippen LogP contribution in [0.25, 0.3) is 0 Å². The molecule has 96 valence electrons. The summed E-state index contributed by atoms with van der Waals surface area (Å²) in [5.74, 6) is -1.44. The molecule has 3 N–H and O–H groups in total. The highest BCUT2D eigenvalue weighted by Crippen LogP contribution is 2.15. The fraction of sp³-hybridized carbons (Fsp3) is 0.889. The van der Waals surface area contributed by atoms with Gasteiger partial charge in [0.25, 0.3) is 0 Å². The molecule has 0 aliphatic rings. The maximum Gasteiger partial charge on any atom is 0.321 e. The molecule has 0 fully saturated rings. The Morgan fingerprint density at radius 2 is 1.88 bits per heavy atom. The zero-order valence-electron chi connectivity index (χ0n) is 9.73. The molecule has 0 unspecified atom stereocenters. The topological polar surface area (TPSA) is 104 Å². The van der Waals surface area contributed by atoms with Gasteiger partial charge in [0, 0.05) is 6.61 Å². The van der Waals surface area contributed by atoms with Crippen molar-refractivity contribution in [1.82, 2.24) is 4.72 Å². The molecule has 0 bridgehead atoms. The van der Waals surface area contributed by atoms with Gasteiger partial charge in [-0.2, -0.15) is 0 Å². The van der Waals surface area contributed by atoms with Gasteiger partial charge in [0.05, 0.1) is 5.75 Å². The number of aliphatic hydroxyl groups is 1. The Bertz CT molecular complexity index is 330. The van der Waals surface area contributed by atoms with Crippen molar-refractivity contribution in [2.45, 2.75) is 33.2 Å². The number of carbonyl (C=O) groups is 1. The van der Waals surface area contributed by atoms with Crippen molar-refractivity contribution >= 4 is 16.0 Å². The first kappa shape index (κ1) is 15.3. The lowest BCUT2D eigenvalue weighted by atomic mass is 10.0. The summed E-state index contributed by atoms with van der Waals surface area (Å²) in [7, 11) is -3.65. The third-order valence-corrected chi connectivity index (χ3v) is 3.55. The van der Waals surface area contributed by atoms with Gasteiger partial charge in [0.2, 0.25) is 10.0 Å². The number of rotatable bonds is 6. The summed E-state index contributed by atoms with van der Waals surface area (Å²) in [5.41, 5.74) is -0.450. The number of hydrogen-bond donors (Lipinski definition) is 3. The minimum Gasteiger partial charge on any atom is -0.480 e. The maximum absolute atomic E-state index is 11.6. The van der Waals surface area contributed by atoms with Gasteiger partial charge in [0.1, 0.15) is 6.04 Å². The summed E-state index contributed by atoms with van der Waals surface area (Å²) < 4.78 is 25.2. The van der Waals surface area contributed by atoms with E-state index in [2.05, 4.69) is 4.72 Å². The van der Waals surface area contributed by atoms with Crippen LogP contribution in [0.5, 0.6) is 0 Å². The minimum atomic E-state index is -3.65. The van der Waals surface area contributed by atoms with Crippen molar-refractivity contribution in [3.05, 3.63) is 0 Å². The van der Waals surface area contributed by atoms with Gasteiger partial charge in [-0.1, -0.05) is 20.8 Å². The van der Waals surface area contributed by atoms with E-state index in [4.69, 9.17) is 10.2 Å². The number of nitrogens with one attached hydrogen (secondary N) is 1. The van der Waals surface area contributed by atoms with Crippen LogP contribution >= 0.6 is 0 Å². The predicted molar refractivity (Wildman–Crippen MR) is 59.5 cm³/mol. The molecule has 1 atom stereocenters. The summed E-state index contributed by atoms with van der Waals surface area (Å²) in [5, 5.41) is 17.3. The second-order valence-corrected chi connectivity index (χ2v) is 6.59. The van der Waals surface area contributed by atoms with E-state index in [0.717, 1.165) is 0 Å². The Kier molecular flexibility index (Phi) is 5.37. The standard InChI is InChI=1S/C9H19NO5S/c1-9(2,3)6-16(14,15)10-7(4-5-11)8(12)13/h7,10-11H,4-6H2,1-3H3,(H,12,13)/t7-/m1/s1. The zero-order chi connectivity index (χ0) is 13.0. The van der Waals surface area contributed by atoms with Crippen LogP contribution in [0.15, 0.2) is 0 Å². The molecule has 0 aromatic rings. The van der Waals surface area contributed by atoms with E-state index in [1.54, 1.807) is 20.8 Å². The predicted octanol–water partition coefficient (Wildman–Crippen LogP) is -0.212. The third-order valence-electron chi connectivity index (χ3n) is 1.66. The molecule has 0 aliphatic carbocycles. The van der Waals surface area contributed by atoms with Gasteiger partial charge in [-0.05, 0) is 11.8 Å². The SMILES string of the molecule is CC(C)(C)CS(=O)(=O)N[C@H](CCO)C(=O)O. The van der Waals surface area contributed by atoms with Gasteiger partial charge >= 0.3 is 5.97 Å². The molecule has 6 nitrogen and oxygen atoms in total. The van der Waals surface area contributed by atoms with Crippen molar-refractivity contribution in [2.75, 3.05) is 12.4 Å². The average Bonchev–Trinajstić information content (AvgIpc) is 1.97. The Balaban J connectivity index is 4.61. The quantitative estimate of drug-likeness (QED) is 0.607. The first-order valence-corrected chi connectivity index (χ1v) is 6.56. The van der Waals surface area contributed by atoms with E-state index >= 15 is 0 Å². The molecule has 0 aliphatic heterocycles. The molecule has 0 amide bonds. The minimum absolute atomic E-state index is 0.140. The third kappa shape index (κ3) is 6.76. The molecule has 0 radical (unpaired) electrons. The molecule has 16 heavy (non-hydrogen) atoms. The van der Waals surface area contributed by atoms with Gasteiger partial charge < -0.3 is 10.2 Å². The summed E-state index contributed by atoms with van der Waals surface area (Å²) in [6.45, 7) is 4.85. The lowest BCUT2D eigenvalue weighted by molar-refractivity contribution is -0.139. The van der Waals surface area contributed by atoms with E-state index in [-0.39, 0.29) is 18.8 Å². The number of sulfonamides is 1. The maximum atomic E-state index is 11.6. The average molecular weight is 253 g/mol. The largest absolute Gasteiger partial charge is 0.480 e. The van der Waals surface area contributed by atoms with Crippen LogP contribution in [-0.4, -0.2) is 43.0 Å². The Morgan fingerprint density at radius 1 is 1.38 bits per heavy atom. The number of carboxylic acid groups (broad SMARTS) is 1. The second kappa shape index (κ2) is 5.60. The van der Waals surface area contributed by atoms with Crippen molar-refractivity contribution in [2.24, 2.45) is 5.41 Å². The highest BCUT2D eigenvalue weighted by Gasteiger charge is 2.27. The molecule has 0 rings (SSSR count). The summed E-state index contributed by atoms with van der Waals surface area (Å²) in [6.07, 6.45) is -0.140. The van der Waals surface area contributed by atoms with Crippen LogP contribution in [0.2, 0.25) is 0 Å². The fourth-order valence-electron chi connectivity index (χ4n) is 1.19. The fourth-order valence-corrected chi connectivity index (χ4v) is 3.07. The highest BCUT2D eigenvalue weighted by molar-refractivity contribution is 7.89. The number of hydrogen-bond acceptors (Lipinski definition) is 4. The molecule has 0 aromatic carbocycles. The zero-order valence-corrected chi connectivity index (χ0v) is 10.5. The van der Waals surface area contributed by atoms with Gasteiger partial charge in [0.15, 0.2) is 0 Å². The normalized spacial score (nSPS) is 14.8. The summed E-state index contributed by atoms with van der Waals surface area (Å²) in [6, 6.07) is -1.27. The first-order chi connectivity index (χ1) is 7.07. The molecule has 0 saturated heterocycles. The summed E-state index contributed by atoms with van der Waals surface area (Å²) >= 11 is 0. The molecule has 0 aromatic heterocycles. The van der Waals surface area contributed by atoms with Crippen molar-refractivity contribution in [3.63, 3.8) is 0 Å². The Morgan fingerprint density at radius 3 is 2.19 bits per heavy atom. The number of aliphatic hydroxyl groups excluding tert-OH is 1. The Labute approximate surface area is 95.7 Å². The molecule has 0 saturated carbocycles. The monoisotopic (exact) mass is 253 g/mol. The molecule has 0 heterocycles. The van der Waals surface area contributed by atoms with Crippen LogP contribution < -0.4 is 4.72 Å². The van der Waals surface area contributed by atoms with Crippen LogP contribution in [0, 0.1) is 5.41 Å². The van der Waals surface area contributed by atoms with Gasteiger partial charge in [-0.3, -0.25) is 4.79 Å². The van der Waals surface area contributed by atoms with E-state index in [1.807, 2.05) is 0 Å². The molecular weight excluding hydrogens is 234 g/mol. The molecule has 7 heteroatoms. The van der Waals surface area contributed by atoms with E-state index < -0.39 is 27.4 Å². The lowest BCUT2D eigenvalue weighted by Crippen LogP contribution is -2.44. The lowest BCUT2D eigenvalue weighted by Gasteiger charge is -2.20. The number of carboxylic acids is 1. The molecule has 0 spiro atoms. The van der Waals surface area contributed by atoms with Crippen LogP contribution in [0.3, 0.4) is 0 Å². The smallest absolute Gasteiger partial charge is 0.321 e. The van der Waals surface area contributed by atoms with E-state index in [0.29, 0.717) is 0 Å². The van der Waals surface area contributed by atoms with E-state index in [1.165, 1.54) is 0 Å². The first-order valence-electron chi connectivity index (χ1n) is 4.91. The van der Waals surface area contributed by atoms with Crippen LogP contribution in [0.1, 0.15) is 27.2 Å². The van der Waals surface area contributed by atoms with Crippen LogP contribution in [-0.2, 0) is 14.8 Å². The van der Waals surface area contributed by atoms with Gasteiger partial charge in [-0.15, -0.1) is 0 Å².